The maximum absolute atomic E-state index is 13.6. The maximum Gasteiger partial charge on any atom is 0.419 e. The SMILES string of the molecule is O=C(Nc1ccc(C(F)(F)F)c(OCCN2CCCCC2)c1)c1cccnc1NCc1ccncc1. The molecule has 3 aromatic rings. The summed E-state index contributed by atoms with van der Waals surface area (Å²) in [4.78, 5) is 23.4. The van der Waals surface area contributed by atoms with Crippen LogP contribution in [0, 0.1) is 0 Å². The molecule has 7 nitrogen and oxygen atoms in total. The molecule has 1 amide bonds. The lowest BCUT2D eigenvalue weighted by Gasteiger charge is -2.26. The number of likely N-dealkylation sites (tertiary alicyclic amines) is 1. The number of hydrogen-bond donors (Lipinski definition) is 2. The van der Waals surface area contributed by atoms with E-state index in [1.807, 2.05) is 12.1 Å². The lowest BCUT2D eigenvalue weighted by atomic mass is 10.1. The monoisotopic (exact) mass is 499 g/mol. The van der Waals surface area contributed by atoms with E-state index in [1.54, 1.807) is 30.7 Å². The Labute approximate surface area is 207 Å². The minimum atomic E-state index is -4.57. The summed E-state index contributed by atoms with van der Waals surface area (Å²) >= 11 is 0. The molecule has 1 saturated heterocycles. The molecule has 1 aliphatic heterocycles. The van der Waals surface area contributed by atoms with Gasteiger partial charge in [-0.25, -0.2) is 4.98 Å². The van der Waals surface area contributed by atoms with Gasteiger partial charge >= 0.3 is 6.18 Å². The molecule has 0 spiro atoms. The summed E-state index contributed by atoms with van der Waals surface area (Å²) in [5.41, 5.74) is 0.542. The molecule has 0 atom stereocenters. The van der Waals surface area contributed by atoms with E-state index >= 15 is 0 Å². The first-order chi connectivity index (χ1) is 17.4. The third kappa shape index (κ3) is 6.94. The number of halogens is 3. The lowest BCUT2D eigenvalue weighted by Crippen LogP contribution is -2.33. The molecule has 1 aromatic carbocycles. The van der Waals surface area contributed by atoms with Crippen LogP contribution in [0.2, 0.25) is 0 Å². The van der Waals surface area contributed by atoms with Gasteiger partial charge in [-0.1, -0.05) is 6.42 Å². The number of nitrogens with zero attached hydrogens (tertiary/aromatic N) is 3. The van der Waals surface area contributed by atoms with Gasteiger partial charge in [-0.2, -0.15) is 13.2 Å². The van der Waals surface area contributed by atoms with Crippen LogP contribution in [0.4, 0.5) is 24.7 Å². The first-order valence-electron chi connectivity index (χ1n) is 11.9. The van der Waals surface area contributed by atoms with Crippen LogP contribution in [0.1, 0.15) is 40.7 Å². The summed E-state index contributed by atoms with van der Waals surface area (Å²) in [6, 6.07) is 10.3. The molecule has 10 heteroatoms. The molecule has 0 saturated carbocycles. The first-order valence-corrected chi connectivity index (χ1v) is 11.9. The molecule has 1 aliphatic rings. The van der Waals surface area contributed by atoms with Gasteiger partial charge in [0.15, 0.2) is 0 Å². The molecule has 2 N–H and O–H groups in total. The minimum Gasteiger partial charge on any atom is -0.492 e. The highest BCUT2D eigenvalue weighted by Crippen LogP contribution is 2.38. The quantitative estimate of drug-likeness (QED) is 0.420. The van der Waals surface area contributed by atoms with Crippen LogP contribution in [0.5, 0.6) is 5.75 Å². The van der Waals surface area contributed by atoms with Gasteiger partial charge < -0.3 is 15.4 Å². The predicted octanol–water partition coefficient (Wildman–Crippen LogP) is 5.22. The van der Waals surface area contributed by atoms with Crippen LogP contribution in [0.15, 0.2) is 61.1 Å². The van der Waals surface area contributed by atoms with Crippen molar-refractivity contribution in [1.82, 2.24) is 14.9 Å². The fraction of sp³-hybridized carbons (Fsp3) is 0.346. The third-order valence-electron chi connectivity index (χ3n) is 5.92. The molecule has 0 unspecified atom stereocenters. The summed E-state index contributed by atoms with van der Waals surface area (Å²) < 4.78 is 46.3. The van der Waals surface area contributed by atoms with E-state index in [-0.39, 0.29) is 23.6 Å². The average Bonchev–Trinajstić information content (AvgIpc) is 2.88. The molecular weight excluding hydrogens is 471 g/mol. The zero-order valence-electron chi connectivity index (χ0n) is 19.7. The Morgan fingerprint density at radius 2 is 1.81 bits per heavy atom. The highest BCUT2D eigenvalue weighted by atomic mass is 19.4. The van der Waals surface area contributed by atoms with Crippen LogP contribution in [-0.2, 0) is 12.7 Å². The average molecular weight is 500 g/mol. The number of amides is 1. The van der Waals surface area contributed by atoms with E-state index in [0.717, 1.165) is 37.6 Å². The Bertz CT molecular complexity index is 1150. The van der Waals surface area contributed by atoms with Crippen molar-refractivity contribution in [3.63, 3.8) is 0 Å². The number of benzene rings is 1. The van der Waals surface area contributed by atoms with E-state index in [0.29, 0.717) is 18.9 Å². The summed E-state index contributed by atoms with van der Waals surface area (Å²) in [5.74, 6) is -0.449. The zero-order chi connectivity index (χ0) is 25.4. The van der Waals surface area contributed by atoms with E-state index < -0.39 is 17.6 Å². The van der Waals surface area contributed by atoms with E-state index in [2.05, 4.69) is 25.5 Å². The number of carbonyl (C=O) groups is 1. The van der Waals surface area contributed by atoms with Crippen molar-refractivity contribution in [1.29, 1.82) is 0 Å². The van der Waals surface area contributed by atoms with Crippen molar-refractivity contribution in [2.24, 2.45) is 0 Å². The smallest absolute Gasteiger partial charge is 0.419 e. The summed E-state index contributed by atoms with van der Waals surface area (Å²) in [5, 5.41) is 5.79. The van der Waals surface area contributed by atoms with Gasteiger partial charge in [0.2, 0.25) is 0 Å². The van der Waals surface area contributed by atoms with Gasteiger partial charge in [0.1, 0.15) is 18.2 Å². The van der Waals surface area contributed by atoms with Gasteiger partial charge in [0.05, 0.1) is 11.1 Å². The van der Waals surface area contributed by atoms with Crippen molar-refractivity contribution in [3.05, 3.63) is 77.7 Å². The highest BCUT2D eigenvalue weighted by Gasteiger charge is 2.34. The second-order valence-electron chi connectivity index (χ2n) is 8.52. The van der Waals surface area contributed by atoms with Crippen LogP contribution < -0.4 is 15.4 Å². The zero-order valence-corrected chi connectivity index (χ0v) is 19.7. The van der Waals surface area contributed by atoms with Crippen molar-refractivity contribution in [2.75, 3.05) is 36.9 Å². The number of piperidine rings is 1. The summed E-state index contributed by atoms with van der Waals surface area (Å²) in [7, 11) is 0. The molecule has 4 rings (SSSR count). The third-order valence-corrected chi connectivity index (χ3v) is 5.92. The Morgan fingerprint density at radius 3 is 2.56 bits per heavy atom. The number of carbonyl (C=O) groups excluding carboxylic acids is 1. The molecular formula is C26H28F3N5O2. The number of nitrogens with one attached hydrogen (secondary N) is 2. The van der Waals surface area contributed by atoms with Gasteiger partial charge in [-0.15, -0.1) is 0 Å². The number of anilines is 2. The van der Waals surface area contributed by atoms with E-state index in [1.165, 1.54) is 18.6 Å². The molecule has 36 heavy (non-hydrogen) atoms. The fourth-order valence-electron chi connectivity index (χ4n) is 4.04. The van der Waals surface area contributed by atoms with Crippen LogP contribution in [-0.4, -0.2) is 47.0 Å². The van der Waals surface area contributed by atoms with Gasteiger partial charge in [-0.05, 0) is 67.9 Å². The lowest BCUT2D eigenvalue weighted by molar-refractivity contribution is -0.139. The standard InChI is InChI=1S/C26H28F3N5O2/c27-26(28,29)22-7-6-20(17-23(22)36-16-15-34-13-2-1-3-14-34)33-25(35)21-5-4-10-31-24(21)32-18-19-8-11-30-12-9-19/h4-12,17H,1-3,13-16,18H2,(H,31,32)(H,33,35). The number of hydrogen-bond acceptors (Lipinski definition) is 6. The molecule has 0 bridgehead atoms. The molecule has 190 valence electrons. The number of rotatable bonds is 9. The van der Waals surface area contributed by atoms with Crippen LogP contribution in [0.3, 0.4) is 0 Å². The predicted molar refractivity (Wildman–Crippen MR) is 131 cm³/mol. The van der Waals surface area contributed by atoms with Crippen molar-refractivity contribution in [3.8, 4) is 5.75 Å². The van der Waals surface area contributed by atoms with Gasteiger partial charge in [-0.3, -0.25) is 14.7 Å². The second kappa shape index (κ2) is 11.9. The maximum atomic E-state index is 13.6. The number of ether oxygens (including phenoxy) is 1. The molecule has 0 aliphatic carbocycles. The Kier molecular flexibility index (Phi) is 8.37. The van der Waals surface area contributed by atoms with Crippen molar-refractivity contribution >= 4 is 17.4 Å². The van der Waals surface area contributed by atoms with Crippen molar-refractivity contribution < 1.29 is 22.7 Å². The Hall–Kier alpha value is -3.66. The Balaban J connectivity index is 1.45. The molecule has 2 aromatic heterocycles. The van der Waals surface area contributed by atoms with E-state index in [4.69, 9.17) is 4.74 Å². The van der Waals surface area contributed by atoms with Crippen molar-refractivity contribution in [2.45, 2.75) is 32.0 Å². The molecule has 0 radical (unpaired) electrons. The summed E-state index contributed by atoms with van der Waals surface area (Å²) in [6.07, 6.45) is 3.66. The van der Waals surface area contributed by atoms with Crippen LogP contribution >= 0.6 is 0 Å². The number of alkyl halides is 3. The molecule has 1 fully saturated rings. The molecule has 3 heterocycles. The minimum absolute atomic E-state index is 0.131. The Morgan fingerprint density at radius 1 is 1.03 bits per heavy atom. The normalized spacial score (nSPS) is 14.3. The topological polar surface area (TPSA) is 79.4 Å². The largest absolute Gasteiger partial charge is 0.492 e. The fourth-order valence-corrected chi connectivity index (χ4v) is 4.04. The second-order valence-corrected chi connectivity index (χ2v) is 8.52. The highest BCUT2D eigenvalue weighted by molar-refractivity contribution is 6.07. The summed E-state index contributed by atoms with van der Waals surface area (Å²) in [6.45, 7) is 2.96. The van der Waals surface area contributed by atoms with Crippen LogP contribution in [0.25, 0.3) is 0 Å². The number of aromatic nitrogens is 2. The number of pyridine rings is 2. The van der Waals surface area contributed by atoms with Gasteiger partial charge in [0.25, 0.3) is 5.91 Å². The van der Waals surface area contributed by atoms with Gasteiger partial charge in [0, 0.05) is 43.4 Å². The van der Waals surface area contributed by atoms with E-state index in [9.17, 15) is 18.0 Å². The first kappa shape index (κ1) is 25.4.